The van der Waals surface area contributed by atoms with Gasteiger partial charge in [-0.2, -0.15) is 0 Å². The smallest absolute Gasteiger partial charge is 0.123 e. The van der Waals surface area contributed by atoms with E-state index >= 15 is 0 Å². The molecule has 72 valence electrons. The summed E-state index contributed by atoms with van der Waals surface area (Å²) >= 11 is 1.40. The molecule has 0 saturated heterocycles. The van der Waals surface area contributed by atoms with Crippen molar-refractivity contribution in [3.05, 3.63) is 41.3 Å². The van der Waals surface area contributed by atoms with Crippen LogP contribution in [0.3, 0.4) is 0 Å². The highest BCUT2D eigenvalue weighted by molar-refractivity contribution is 7.13. The second kappa shape index (κ2) is 3.86. The molecule has 0 aliphatic heterocycles. The van der Waals surface area contributed by atoms with Gasteiger partial charge in [0.1, 0.15) is 5.82 Å². The Kier molecular flexibility index (Phi) is 2.56. The molecule has 2 nitrogen and oxygen atoms in total. The molecule has 14 heavy (non-hydrogen) atoms. The van der Waals surface area contributed by atoms with E-state index < -0.39 is 0 Å². The van der Waals surface area contributed by atoms with E-state index in [0.717, 1.165) is 10.4 Å². The van der Waals surface area contributed by atoms with Crippen LogP contribution in [0.4, 0.5) is 4.39 Å². The molecule has 0 fully saturated rings. The summed E-state index contributed by atoms with van der Waals surface area (Å²) in [7, 11) is 0. The van der Waals surface area contributed by atoms with Gasteiger partial charge in [-0.15, -0.1) is 11.3 Å². The second-order valence-electron chi connectivity index (χ2n) is 2.80. The monoisotopic (exact) mass is 209 g/mol. The van der Waals surface area contributed by atoms with E-state index in [1.54, 1.807) is 17.6 Å². The van der Waals surface area contributed by atoms with Gasteiger partial charge in [0.2, 0.25) is 0 Å². The molecule has 0 atom stereocenters. The number of aliphatic hydroxyl groups is 1. The summed E-state index contributed by atoms with van der Waals surface area (Å²) in [6, 6.07) is 6.27. The van der Waals surface area contributed by atoms with E-state index in [9.17, 15) is 4.39 Å². The summed E-state index contributed by atoms with van der Waals surface area (Å²) in [5.74, 6) is -0.278. The molecule has 0 unspecified atom stereocenters. The molecule has 4 heteroatoms. The normalized spacial score (nSPS) is 10.4. The average Bonchev–Trinajstić information content (AvgIpc) is 2.65. The Hall–Kier alpha value is -1.26. The molecule has 1 aromatic carbocycles. The standard InChI is InChI=1S/C10H8FNOS/c11-8-3-1-2-7(4-8)10-9(5-13)12-6-14-10/h1-4,6,13H,5H2. The van der Waals surface area contributed by atoms with Gasteiger partial charge < -0.3 is 5.11 Å². The number of hydrogen-bond donors (Lipinski definition) is 1. The maximum absolute atomic E-state index is 12.9. The molecule has 0 bridgehead atoms. The molecule has 0 saturated carbocycles. The van der Waals surface area contributed by atoms with Crippen LogP contribution in [0.5, 0.6) is 0 Å². The number of thiazole rings is 1. The number of rotatable bonds is 2. The van der Waals surface area contributed by atoms with Crippen LogP contribution in [0.2, 0.25) is 0 Å². The Morgan fingerprint density at radius 3 is 3.00 bits per heavy atom. The van der Waals surface area contributed by atoms with Crippen molar-refractivity contribution < 1.29 is 9.50 Å². The topological polar surface area (TPSA) is 33.1 Å². The van der Waals surface area contributed by atoms with Crippen molar-refractivity contribution in [1.29, 1.82) is 0 Å². The van der Waals surface area contributed by atoms with Crippen LogP contribution in [0.1, 0.15) is 5.69 Å². The molecule has 0 aliphatic carbocycles. The number of halogens is 1. The number of nitrogens with zero attached hydrogens (tertiary/aromatic N) is 1. The van der Waals surface area contributed by atoms with E-state index in [1.165, 1.54) is 23.5 Å². The fourth-order valence-corrected chi connectivity index (χ4v) is 2.05. The Labute approximate surface area is 84.7 Å². The summed E-state index contributed by atoms with van der Waals surface area (Å²) in [6.45, 7) is -0.116. The summed E-state index contributed by atoms with van der Waals surface area (Å²) in [5, 5.41) is 8.99. The SMILES string of the molecule is OCc1ncsc1-c1cccc(F)c1. The average molecular weight is 209 g/mol. The fourth-order valence-electron chi connectivity index (χ4n) is 1.25. The zero-order valence-electron chi connectivity index (χ0n) is 7.27. The first-order chi connectivity index (χ1) is 6.81. The van der Waals surface area contributed by atoms with Crippen LogP contribution in [-0.4, -0.2) is 10.1 Å². The lowest BCUT2D eigenvalue weighted by molar-refractivity contribution is 0.278. The van der Waals surface area contributed by atoms with Crippen molar-refractivity contribution in [2.75, 3.05) is 0 Å². The van der Waals surface area contributed by atoms with Crippen LogP contribution in [0.25, 0.3) is 10.4 Å². The van der Waals surface area contributed by atoms with E-state index in [0.29, 0.717) is 5.69 Å². The molecule has 2 aromatic rings. The highest BCUT2D eigenvalue weighted by Gasteiger charge is 2.07. The summed E-state index contributed by atoms with van der Waals surface area (Å²) < 4.78 is 12.9. The predicted octanol–water partition coefficient (Wildman–Crippen LogP) is 2.44. The Balaban J connectivity index is 2.49. The van der Waals surface area contributed by atoms with E-state index in [-0.39, 0.29) is 12.4 Å². The van der Waals surface area contributed by atoms with Crippen molar-refractivity contribution in [1.82, 2.24) is 4.98 Å². The lowest BCUT2D eigenvalue weighted by Crippen LogP contribution is -1.86. The molecule has 1 heterocycles. The van der Waals surface area contributed by atoms with Gasteiger partial charge in [-0.25, -0.2) is 9.37 Å². The first kappa shape index (κ1) is 9.30. The number of aromatic nitrogens is 1. The molecule has 0 radical (unpaired) electrons. The van der Waals surface area contributed by atoms with Crippen LogP contribution >= 0.6 is 11.3 Å². The van der Waals surface area contributed by atoms with Gasteiger partial charge in [0.25, 0.3) is 0 Å². The van der Waals surface area contributed by atoms with Crippen LogP contribution < -0.4 is 0 Å². The van der Waals surface area contributed by atoms with Gasteiger partial charge >= 0.3 is 0 Å². The van der Waals surface area contributed by atoms with Crippen molar-refractivity contribution in [2.24, 2.45) is 0 Å². The van der Waals surface area contributed by atoms with Gasteiger partial charge in [0, 0.05) is 0 Å². The van der Waals surface area contributed by atoms with Crippen molar-refractivity contribution in [3.8, 4) is 10.4 Å². The quantitative estimate of drug-likeness (QED) is 0.824. The lowest BCUT2D eigenvalue weighted by atomic mass is 10.1. The van der Waals surface area contributed by atoms with Crippen molar-refractivity contribution in [2.45, 2.75) is 6.61 Å². The molecule has 0 spiro atoms. The Morgan fingerprint density at radius 2 is 2.29 bits per heavy atom. The largest absolute Gasteiger partial charge is 0.390 e. The van der Waals surface area contributed by atoms with Crippen LogP contribution in [0.15, 0.2) is 29.8 Å². The highest BCUT2D eigenvalue weighted by Crippen LogP contribution is 2.27. The lowest BCUT2D eigenvalue weighted by Gasteiger charge is -1.99. The zero-order valence-corrected chi connectivity index (χ0v) is 8.09. The minimum Gasteiger partial charge on any atom is -0.390 e. The molecule has 0 aliphatic rings. The van der Waals surface area contributed by atoms with E-state index in [4.69, 9.17) is 5.11 Å². The molecular weight excluding hydrogens is 201 g/mol. The zero-order chi connectivity index (χ0) is 9.97. The maximum Gasteiger partial charge on any atom is 0.123 e. The first-order valence-electron chi connectivity index (χ1n) is 4.10. The molecule has 0 amide bonds. The van der Waals surface area contributed by atoms with Gasteiger partial charge in [0.15, 0.2) is 0 Å². The van der Waals surface area contributed by atoms with Crippen LogP contribution in [-0.2, 0) is 6.61 Å². The van der Waals surface area contributed by atoms with E-state index in [1.807, 2.05) is 0 Å². The molecular formula is C10H8FNOS. The van der Waals surface area contributed by atoms with Gasteiger partial charge in [0.05, 0.1) is 22.7 Å². The maximum atomic E-state index is 12.9. The second-order valence-corrected chi connectivity index (χ2v) is 3.65. The third-order valence-corrected chi connectivity index (χ3v) is 2.80. The van der Waals surface area contributed by atoms with Crippen molar-refractivity contribution >= 4 is 11.3 Å². The summed E-state index contributed by atoms with van der Waals surface area (Å²) in [6.07, 6.45) is 0. The third kappa shape index (κ3) is 1.66. The Morgan fingerprint density at radius 1 is 1.43 bits per heavy atom. The molecule has 2 rings (SSSR count). The first-order valence-corrected chi connectivity index (χ1v) is 4.98. The molecule has 1 N–H and O–H groups in total. The minimum atomic E-state index is -0.278. The van der Waals surface area contributed by atoms with E-state index in [2.05, 4.69) is 4.98 Å². The highest BCUT2D eigenvalue weighted by atomic mass is 32.1. The van der Waals surface area contributed by atoms with Gasteiger partial charge in [-0.3, -0.25) is 0 Å². The fraction of sp³-hybridized carbons (Fsp3) is 0.100. The summed E-state index contributed by atoms with van der Waals surface area (Å²) in [4.78, 5) is 4.81. The number of hydrogen-bond acceptors (Lipinski definition) is 3. The van der Waals surface area contributed by atoms with Gasteiger partial charge in [-0.05, 0) is 17.7 Å². The minimum absolute atomic E-state index is 0.116. The molecule has 1 aromatic heterocycles. The predicted molar refractivity (Wildman–Crippen MR) is 53.4 cm³/mol. The van der Waals surface area contributed by atoms with Crippen molar-refractivity contribution in [3.63, 3.8) is 0 Å². The van der Waals surface area contributed by atoms with Gasteiger partial charge in [-0.1, -0.05) is 12.1 Å². The summed E-state index contributed by atoms with van der Waals surface area (Å²) in [5.41, 5.74) is 3.00. The Bertz CT molecular complexity index is 441. The van der Waals surface area contributed by atoms with Crippen LogP contribution in [0, 0.1) is 5.82 Å². The number of aliphatic hydroxyl groups excluding tert-OH is 1. The number of benzene rings is 1. The third-order valence-electron chi connectivity index (χ3n) is 1.88.